The Balaban J connectivity index is 2.16. The Kier molecular flexibility index (Phi) is 4.17. The van der Waals surface area contributed by atoms with Gasteiger partial charge in [-0.2, -0.15) is 0 Å². The average molecular weight is 351 g/mol. The molecule has 0 spiro atoms. The number of benzene rings is 1. The first-order chi connectivity index (χ1) is 10.7. The van der Waals surface area contributed by atoms with Crippen LogP contribution in [0.5, 0.6) is 0 Å². The van der Waals surface area contributed by atoms with Crippen molar-refractivity contribution < 1.29 is 9.31 Å². The second kappa shape index (κ2) is 5.74. The molecule has 1 aromatic heterocycles. The van der Waals surface area contributed by atoms with Crippen LogP contribution in [0, 0.1) is 0 Å². The highest BCUT2D eigenvalue weighted by Crippen LogP contribution is 2.38. The minimum Gasteiger partial charge on any atom is -0.399 e. The lowest BCUT2D eigenvalue weighted by Gasteiger charge is -2.32. The molecule has 2 aromatic rings. The van der Waals surface area contributed by atoms with E-state index >= 15 is 0 Å². The molecule has 3 rings (SSSR count). The smallest absolute Gasteiger partial charge is 0.399 e. The van der Waals surface area contributed by atoms with E-state index in [1.807, 2.05) is 58.0 Å². The van der Waals surface area contributed by atoms with Crippen LogP contribution in [0.15, 0.2) is 30.3 Å². The molecule has 4 nitrogen and oxygen atoms in total. The highest BCUT2D eigenvalue weighted by atomic mass is 35.5. The summed E-state index contributed by atoms with van der Waals surface area (Å²) >= 11 is 12.6. The highest BCUT2D eigenvalue weighted by molar-refractivity contribution is 6.67. The van der Waals surface area contributed by atoms with Gasteiger partial charge >= 0.3 is 7.12 Å². The van der Waals surface area contributed by atoms with E-state index in [4.69, 9.17) is 32.5 Å². The molecule has 0 aliphatic carbocycles. The van der Waals surface area contributed by atoms with E-state index in [2.05, 4.69) is 10.2 Å². The van der Waals surface area contributed by atoms with E-state index in [0.717, 1.165) is 5.56 Å². The van der Waals surface area contributed by atoms with Crippen molar-refractivity contribution in [1.29, 1.82) is 0 Å². The molecule has 7 heteroatoms. The Morgan fingerprint density at radius 2 is 1.39 bits per heavy atom. The molecule has 0 atom stereocenters. The molecule has 0 unspecified atom stereocenters. The third kappa shape index (κ3) is 2.87. The van der Waals surface area contributed by atoms with Gasteiger partial charge in [0, 0.05) is 11.0 Å². The van der Waals surface area contributed by atoms with Crippen molar-refractivity contribution in [3.63, 3.8) is 0 Å². The molecule has 0 bridgehead atoms. The molecule has 120 valence electrons. The van der Waals surface area contributed by atoms with Gasteiger partial charge in [0.2, 0.25) is 0 Å². The van der Waals surface area contributed by atoms with Crippen LogP contribution in [0.25, 0.3) is 11.1 Å². The molecule has 23 heavy (non-hydrogen) atoms. The minimum atomic E-state index is -0.657. The number of hydrogen-bond acceptors (Lipinski definition) is 4. The van der Waals surface area contributed by atoms with Crippen molar-refractivity contribution in [3.8, 4) is 11.1 Å². The van der Waals surface area contributed by atoms with Gasteiger partial charge in [0.05, 0.1) is 11.2 Å². The molecular weight excluding hydrogens is 334 g/mol. The third-order valence-corrected chi connectivity index (χ3v) is 5.02. The van der Waals surface area contributed by atoms with E-state index in [1.165, 1.54) is 0 Å². The molecule has 0 N–H and O–H groups in total. The van der Waals surface area contributed by atoms with Crippen molar-refractivity contribution in [2.45, 2.75) is 38.9 Å². The Bertz CT molecular complexity index is 722. The standard InChI is InChI=1S/C16H17BCl2N2O2/c1-15(2)16(3,4)23-17(22-15)12-11(10-8-6-5-7-9-10)13(18)20-21-14(12)19/h5-9H,1-4H3. The zero-order valence-corrected chi connectivity index (χ0v) is 14.9. The Morgan fingerprint density at radius 3 is 1.96 bits per heavy atom. The lowest BCUT2D eigenvalue weighted by Crippen LogP contribution is -2.41. The van der Waals surface area contributed by atoms with Crippen LogP contribution < -0.4 is 5.46 Å². The van der Waals surface area contributed by atoms with Gasteiger partial charge in [-0.15, -0.1) is 10.2 Å². The van der Waals surface area contributed by atoms with Gasteiger partial charge in [-0.05, 0) is 33.3 Å². The predicted octanol–water partition coefficient (Wildman–Crippen LogP) is 3.75. The molecule has 1 aliphatic heterocycles. The number of nitrogens with zero attached hydrogens (tertiary/aromatic N) is 2. The minimum absolute atomic E-state index is 0.228. The molecule has 1 aromatic carbocycles. The van der Waals surface area contributed by atoms with Crippen molar-refractivity contribution in [3.05, 3.63) is 40.6 Å². The van der Waals surface area contributed by atoms with Crippen molar-refractivity contribution in [2.24, 2.45) is 0 Å². The van der Waals surface area contributed by atoms with Crippen LogP contribution in [0.1, 0.15) is 27.7 Å². The molecular formula is C16H17BCl2N2O2. The summed E-state index contributed by atoms with van der Waals surface area (Å²) < 4.78 is 12.2. The number of hydrogen-bond donors (Lipinski definition) is 0. The van der Waals surface area contributed by atoms with Crippen molar-refractivity contribution in [1.82, 2.24) is 10.2 Å². The van der Waals surface area contributed by atoms with E-state index < -0.39 is 18.3 Å². The summed E-state index contributed by atoms with van der Waals surface area (Å²) in [6.45, 7) is 7.94. The van der Waals surface area contributed by atoms with Crippen molar-refractivity contribution >= 4 is 35.8 Å². The SMILES string of the molecule is CC1(C)OB(c2c(Cl)nnc(Cl)c2-c2ccccc2)OC1(C)C. The summed E-state index contributed by atoms with van der Waals surface area (Å²) in [5, 5.41) is 8.36. The lowest BCUT2D eigenvalue weighted by molar-refractivity contribution is 0.00578. The zero-order valence-electron chi connectivity index (χ0n) is 13.4. The maximum absolute atomic E-state index is 6.33. The number of aromatic nitrogens is 2. The monoisotopic (exact) mass is 350 g/mol. The first-order valence-electron chi connectivity index (χ1n) is 7.35. The fourth-order valence-electron chi connectivity index (χ4n) is 2.46. The van der Waals surface area contributed by atoms with Gasteiger partial charge in [-0.3, -0.25) is 0 Å². The highest BCUT2D eigenvalue weighted by Gasteiger charge is 2.53. The van der Waals surface area contributed by atoms with Crippen LogP contribution in [-0.4, -0.2) is 28.5 Å². The Labute approximate surface area is 146 Å². The Morgan fingerprint density at radius 1 is 0.870 bits per heavy atom. The first kappa shape index (κ1) is 16.7. The van der Waals surface area contributed by atoms with Crippen LogP contribution in [-0.2, 0) is 9.31 Å². The van der Waals surface area contributed by atoms with Crippen LogP contribution in [0.4, 0.5) is 0 Å². The summed E-state index contributed by atoms with van der Waals surface area (Å²) in [6, 6.07) is 9.66. The van der Waals surface area contributed by atoms with E-state index in [0.29, 0.717) is 11.0 Å². The van der Waals surface area contributed by atoms with Gasteiger partial charge in [0.15, 0.2) is 10.3 Å². The summed E-state index contributed by atoms with van der Waals surface area (Å²) in [5.74, 6) is 0. The predicted molar refractivity (Wildman–Crippen MR) is 93.2 cm³/mol. The van der Waals surface area contributed by atoms with Gasteiger partial charge in [-0.25, -0.2) is 0 Å². The fraction of sp³-hybridized carbons (Fsp3) is 0.375. The largest absolute Gasteiger partial charge is 0.498 e. The lowest BCUT2D eigenvalue weighted by atomic mass is 9.76. The fourth-order valence-corrected chi connectivity index (χ4v) is 2.93. The number of rotatable bonds is 2. The Hall–Kier alpha value is -1.14. The summed E-state index contributed by atoms with van der Waals surface area (Å²) in [7, 11) is -0.657. The van der Waals surface area contributed by atoms with Crippen LogP contribution in [0.2, 0.25) is 10.3 Å². The normalized spacial score (nSPS) is 19.1. The summed E-state index contributed by atoms with van der Waals surface area (Å²) in [4.78, 5) is 0. The summed E-state index contributed by atoms with van der Waals surface area (Å²) in [6.07, 6.45) is 0. The van der Waals surface area contributed by atoms with E-state index in [1.54, 1.807) is 0 Å². The molecule has 2 heterocycles. The molecule has 0 radical (unpaired) electrons. The first-order valence-corrected chi connectivity index (χ1v) is 8.11. The topological polar surface area (TPSA) is 44.2 Å². The van der Waals surface area contributed by atoms with Gasteiger partial charge in [0.25, 0.3) is 0 Å². The van der Waals surface area contributed by atoms with Crippen molar-refractivity contribution in [2.75, 3.05) is 0 Å². The average Bonchev–Trinajstić information content (AvgIpc) is 2.70. The van der Waals surface area contributed by atoms with Crippen LogP contribution in [0.3, 0.4) is 0 Å². The van der Waals surface area contributed by atoms with Gasteiger partial charge in [0.1, 0.15) is 0 Å². The quantitative estimate of drug-likeness (QED) is 0.773. The summed E-state index contributed by atoms with van der Waals surface area (Å²) in [5.41, 5.74) is 1.22. The molecule has 1 aliphatic rings. The maximum atomic E-state index is 6.33. The third-order valence-electron chi connectivity index (χ3n) is 4.47. The molecule has 1 fully saturated rings. The second-order valence-corrected chi connectivity index (χ2v) is 7.24. The molecule has 0 saturated carbocycles. The van der Waals surface area contributed by atoms with Gasteiger partial charge < -0.3 is 9.31 Å². The number of halogens is 2. The van der Waals surface area contributed by atoms with Crippen LogP contribution >= 0.6 is 23.2 Å². The molecule has 1 saturated heterocycles. The van der Waals surface area contributed by atoms with E-state index in [-0.39, 0.29) is 10.3 Å². The van der Waals surface area contributed by atoms with Gasteiger partial charge in [-0.1, -0.05) is 53.5 Å². The zero-order chi connectivity index (χ0) is 16.8. The van der Waals surface area contributed by atoms with E-state index in [9.17, 15) is 0 Å². The molecule has 0 amide bonds. The maximum Gasteiger partial charge on any atom is 0.498 e. The second-order valence-electron chi connectivity index (χ2n) is 6.52.